The molecule has 0 amide bonds. The van der Waals surface area contributed by atoms with Crippen LogP contribution in [0.15, 0.2) is 0 Å². The summed E-state index contributed by atoms with van der Waals surface area (Å²) in [5.74, 6) is -13.4. The van der Waals surface area contributed by atoms with E-state index in [0.29, 0.717) is 0 Å². The Morgan fingerprint density at radius 2 is 1.42 bits per heavy atom. The molecule has 0 aliphatic heterocycles. The number of nitriles is 2. The number of halogens is 8. The molecule has 0 radical (unpaired) electrons. The zero-order chi connectivity index (χ0) is 15.5. The van der Waals surface area contributed by atoms with Crippen molar-refractivity contribution in [3.05, 3.63) is 0 Å². The number of nitrogens with zero attached hydrogens (tertiary/aromatic N) is 2. The monoisotopic (exact) mass is 402 g/mol. The van der Waals surface area contributed by atoms with Crippen LogP contribution in [0.3, 0.4) is 0 Å². The van der Waals surface area contributed by atoms with E-state index in [4.69, 9.17) is 10.5 Å². The van der Waals surface area contributed by atoms with Crippen LogP contribution in [0.25, 0.3) is 0 Å². The van der Waals surface area contributed by atoms with Gasteiger partial charge in [0.1, 0.15) is 0 Å². The van der Waals surface area contributed by atoms with E-state index in [1.165, 1.54) is 28.7 Å². The Morgan fingerprint density at radius 3 is 1.74 bits per heavy atom. The molecule has 0 heterocycles. The fourth-order valence-corrected chi connectivity index (χ4v) is 1.74. The van der Waals surface area contributed by atoms with Gasteiger partial charge in [-0.3, -0.25) is 0 Å². The van der Waals surface area contributed by atoms with Crippen LogP contribution in [-0.4, -0.2) is 21.9 Å². The number of hydrogen-bond acceptors (Lipinski definition) is 2. The molecule has 0 saturated carbocycles. The third-order valence-electron chi connectivity index (χ3n) is 2.13. The maximum absolute atomic E-state index is 13.0. The minimum Gasteiger partial charge on any atom is -0.199 e. The molecule has 0 fully saturated rings. The van der Waals surface area contributed by atoms with Gasteiger partial charge >= 0.3 is 18.0 Å². The van der Waals surface area contributed by atoms with Gasteiger partial charge in [-0.2, -0.15) is 41.3 Å². The van der Waals surface area contributed by atoms with Crippen molar-refractivity contribution in [1.82, 2.24) is 0 Å². The molecule has 0 aromatic rings. The quantitative estimate of drug-likeness (QED) is 0.396. The van der Waals surface area contributed by atoms with Gasteiger partial charge in [-0.05, 0) is 6.42 Å². The third-order valence-corrected chi connectivity index (χ3v) is 2.92. The van der Waals surface area contributed by atoms with Gasteiger partial charge in [-0.15, -0.1) is 0 Å². The van der Waals surface area contributed by atoms with Gasteiger partial charge in [-0.1, -0.05) is 22.6 Å². The van der Waals surface area contributed by atoms with Crippen molar-refractivity contribution in [2.75, 3.05) is 0 Å². The normalized spacial score (nSPS) is 16.3. The Bertz CT molecular complexity index is 393. The van der Waals surface area contributed by atoms with Crippen LogP contribution in [0.5, 0.6) is 0 Å². The number of rotatable bonds is 5. The smallest absolute Gasteiger partial charge is 0.199 e. The fraction of sp³-hybridized carbons (Fsp3) is 0.778. The molecule has 0 aliphatic carbocycles. The summed E-state index contributed by atoms with van der Waals surface area (Å²) in [6.45, 7) is 0. The standard InChI is InChI=1S/C9H6F7IN2/c10-7(11,8(12,13)9(14,15)16)2-5(3-18)1-6(17)4-19/h5-6H,1-2H2. The summed E-state index contributed by atoms with van der Waals surface area (Å²) >= 11 is 1.47. The Kier molecular flexibility index (Phi) is 5.86. The summed E-state index contributed by atoms with van der Waals surface area (Å²) in [5.41, 5.74) is 0. The predicted octanol–water partition coefficient (Wildman–Crippen LogP) is 4.07. The Labute approximate surface area is 117 Å². The highest BCUT2D eigenvalue weighted by molar-refractivity contribution is 14.1. The maximum Gasteiger partial charge on any atom is 0.459 e. The molecule has 2 nitrogen and oxygen atoms in total. The van der Waals surface area contributed by atoms with Crippen LogP contribution in [0.2, 0.25) is 0 Å². The van der Waals surface area contributed by atoms with Gasteiger partial charge in [0.05, 0.1) is 22.0 Å². The zero-order valence-electron chi connectivity index (χ0n) is 8.99. The van der Waals surface area contributed by atoms with Crippen molar-refractivity contribution in [1.29, 1.82) is 10.5 Å². The first-order chi connectivity index (χ1) is 8.39. The molecule has 19 heavy (non-hydrogen) atoms. The Morgan fingerprint density at radius 1 is 0.947 bits per heavy atom. The van der Waals surface area contributed by atoms with E-state index in [0.717, 1.165) is 0 Å². The van der Waals surface area contributed by atoms with Gasteiger partial charge in [-0.25, -0.2) is 0 Å². The molecule has 10 heteroatoms. The van der Waals surface area contributed by atoms with Crippen LogP contribution in [0.4, 0.5) is 30.7 Å². The first kappa shape index (κ1) is 18.2. The van der Waals surface area contributed by atoms with Crippen molar-refractivity contribution in [2.24, 2.45) is 5.92 Å². The van der Waals surface area contributed by atoms with Crippen LogP contribution in [0.1, 0.15) is 12.8 Å². The summed E-state index contributed by atoms with van der Waals surface area (Å²) in [7, 11) is 0. The van der Waals surface area contributed by atoms with Crippen molar-refractivity contribution in [3.63, 3.8) is 0 Å². The molecule has 0 aromatic heterocycles. The average Bonchev–Trinajstić information content (AvgIpc) is 2.25. The molecular formula is C9H6F7IN2. The lowest BCUT2D eigenvalue weighted by atomic mass is 9.94. The summed E-state index contributed by atoms with van der Waals surface area (Å²) in [6.07, 6.45) is -8.89. The lowest BCUT2D eigenvalue weighted by Crippen LogP contribution is -2.52. The highest BCUT2D eigenvalue weighted by atomic mass is 127. The molecule has 0 aromatic carbocycles. The fourth-order valence-electron chi connectivity index (χ4n) is 1.13. The molecule has 0 bridgehead atoms. The summed E-state index contributed by atoms with van der Waals surface area (Å²) in [4.78, 5) is 0. The second kappa shape index (κ2) is 6.11. The van der Waals surface area contributed by atoms with Crippen LogP contribution < -0.4 is 0 Å². The lowest BCUT2D eigenvalue weighted by molar-refractivity contribution is -0.356. The van der Waals surface area contributed by atoms with E-state index in [-0.39, 0.29) is 0 Å². The minimum atomic E-state index is -6.41. The van der Waals surface area contributed by atoms with Crippen LogP contribution >= 0.6 is 22.6 Å². The summed E-state index contributed by atoms with van der Waals surface area (Å²) < 4.78 is 85.7. The molecule has 0 aliphatic rings. The van der Waals surface area contributed by atoms with Gasteiger partial charge in [0.15, 0.2) is 0 Å². The largest absolute Gasteiger partial charge is 0.459 e. The second-order valence-corrected chi connectivity index (χ2v) is 5.14. The molecular weight excluding hydrogens is 396 g/mol. The number of hydrogen-bond donors (Lipinski definition) is 0. The van der Waals surface area contributed by atoms with Crippen LogP contribution in [0, 0.1) is 28.6 Å². The topological polar surface area (TPSA) is 47.6 Å². The second-order valence-electron chi connectivity index (χ2n) is 3.64. The Hall–Kier alpha value is -0.780. The summed E-state index contributed by atoms with van der Waals surface area (Å²) in [5, 5.41) is 16.9. The van der Waals surface area contributed by atoms with E-state index >= 15 is 0 Å². The molecule has 0 saturated heterocycles. The first-order valence-electron chi connectivity index (χ1n) is 4.64. The van der Waals surface area contributed by atoms with E-state index in [1.807, 2.05) is 0 Å². The average molecular weight is 402 g/mol. The van der Waals surface area contributed by atoms with Gasteiger partial charge < -0.3 is 0 Å². The van der Waals surface area contributed by atoms with Crippen molar-refractivity contribution in [3.8, 4) is 12.1 Å². The van der Waals surface area contributed by atoms with Crippen molar-refractivity contribution < 1.29 is 30.7 Å². The third kappa shape index (κ3) is 4.37. The van der Waals surface area contributed by atoms with Gasteiger partial charge in [0, 0.05) is 6.42 Å². The minimum absolute atomic E-state index is 0.517. The SMILES string of the molecule is N#CC(I)CC(C#N)CC(F)(F)C(F)(F)C(F)(F)F. The van der Waals surface area contributed by atoms with Gasteiger partial charge in [0.2, 0.25) is 0 Å². The van der Waals surface area contributed by atoms with E-state index in [1.54, 1.807) is 6.07 Å². The molecule has 2 unspecified atom stereocenters. The molecule has 0 rings (SSSR count). The maximum atomic E-state index is 13.0. The first-order valence-corrected chi connectivity index (χ1v) is 5.89. The molecule has 0 N–H and O–H groups in total. The highest BCUT2D eigenvalue weighted by Gasteiger charge is 2.72. The number of alkyl halides is 8. The molecule has 0 spiro atoms. The highest BCUT2D eigenvalue weighted by Crippen LogP contribution is 2.49. The Balaban J connectivity index is 5.05. The van der Waals surface area contributed by atoms with Crippen molar-refractivity contribution >= 4 is 22.6 Å². The van der Waals surface area contributed by atoms with Gasteiger partial charge in [0.25, 0.3) is 0 Å². The van der Waals surface area contributed by atoms with Crippen molar-refractivity contribution in [2.45, 2.75) is 34.8 Å². The molecule has 108 valence electrons. The lowest BCUT2D eigenvalue weighted by Gasteiger charge is -2.29. The molecule has 2 atom stereocenters. The van der Waals surface area contributed by atoms with E-state index < -0.39 is 40.7 Å². The van der Waals surface area contributed by atoms with E-state index in [9.17, 15) is 30.7 Å². The summed E-state index contributed by atoms with van der Waals surface area (Å²) in [6, 6.07) is 2.78. The van der Waals surface area contributed by atoms with E-state index in [2.05, 4.69) is 0 Å². The van der Waals surface area contributed by atoms with Crippen LogP contribution in [-0.2, 0) is 0 Å². The predicted molar refractivity (Wildman–Crippen MR) is 57.7 cm³/mol. The zero-order valence-corrected chi connectivity index (χ0v) is 11.1.